The zero-order chi connectivity index (χ0) is 19.0. The highest BCUT2D eigenvalue weighted by Gasteiger charge is 2.44. The van der Waals surface area contributed by atoms with E-state index < -0.39 is 17.7 Å². The van der Waals surface area contributed by atoms with Gasteiger partial charge in [0.05, 0.1) is 22.6 Å². The molecule has 0 spiro atoms. The summed E-state index contributed by atoms with van der Waals surface area (Å²) in [6.45, 7) is 3.03. The predicted octanol–water partition coefficient (Wildman–Crippen LogP) is 3.81. The summed E-state index contributed by atoms with van der Waals surface area (Å²) in [5.74, 6) is -1.25. The Morgan fingerprint density at radius 3 is 2.70 bits per heavy atom. The largest absolute Gasteiger partial charge is 0.503 e. The second-order valence-corrected chi connectivity index (χ2v) is 7.92. The molecule has 0 saturated carbocycles. The van der Waals surface area contributed by atoms with Crippen molar-refractivity contribution >= 4 is 23.0 Å². The van der Waals surface area contributed by atoms with Crippen LogP contribution in [0, 0.1) is 6.92 Å². The minimum atomic E-state index is -0.600. The van der Waals surface area contributed by atoms with Crippen molar-refractivity contribution in [2.24, 2.45) is 0 Å². The van der Waals surface area contributed by atoms with Crippen LogP contribution in [0.5, 0.6) is 0 Å². The molecule has 5 nitrogen and oxygen atoms in total. The quantitative estimate of drug-likeness (QED) is 0.797. The summed E-state index contributed by atoms with van der Waals surface area (Å²) in [6, 6.07) is 10.6. The van der Waals surface area contributed by atoms with E-state index in [0.29, 0.717) is 18.0 Å². The van der Waals surface area contributed by atoms with Gasteiger partial charge in [-0.15, -0.1) is 11.3 Å². The molecule has 1 saturated heterocycles. The third kappa shape index (κ3) is 3.31. The second kappa shape index (κ2) is 7.29. The molecule has 1 aromatic heterocycles. The van der Waals surface area contributed by atoms with E-state index >= 15 is 0 Å². The highest BCUT2D eigenvalue weighted by atomic mass is 32.1. The number of aliphatic hydroxyl groups excluding tert-OH is 1. The first kappa shape index (κ1) is 17.9. The van der Waals surface area contributed by atoms with E-state index in [2.05, 4.69) is 0 Å². The van der Waals surface area contributed by atoms with Crippen molar-refractivity contribution in [3.8, 4) is 0 Å². The molecule has 140 valence electrons. The molecule has 1 fully saturated rings. The number of hydrogen-bond donors (Lipinski definition) is 1. The molecule has 2 atom stereocenters. The Morgan fingerprint density at radius 2 is 2.07 bits per heavy atom. The molecule has 0 radical (unpaired) electrons. The van der Waals surface area contributed by atoms with Gasteiger partial charge in [0, 0.05) is 13.2 Å². The second-order valence-electron chi connectivity index (χ2n) is 6.97. The molecule has 1 N–H and O–H groups in total. The number of aliphatic hydroxyl groups is 1. The molecule has 2 aliphatic rings. The fourth-order valence-electron chi connectivity index (χ4n) is 3.72. The molecule has 2 aromatic rings. The minimum Gasteiger partial charge on any atom is -0.503 e. The van der Waals surface area contributed by atoms with Crippen LogP contribution in [0.15, 0.2) is 53.1 Å². The third-order valence-electron chi connectivity index (χ3n) is 5.11. The number of ether oxygens (including phenoxy) is 1. The fraction of sp³-hybridized carbons (Fsp3) is 0.333. The first-order valence-corrected chi connectivity index (χ1v) is 9.94. The maximum absolute atomic E-state index is 13.1. The van der Waals surface area contributed by atoms with Crippen LogP contribution >= 0.6 is 11.3 Å². The lowest BCUT2D eigenvalue weighted by molar-refractivity contribution is -0.131. The van der Waals surface area contributed by atoms with Crippen LogP contribution in [0.2, 0.25) is 0 Å². The molecule has 0 unspecified atom stereocenters. The summed E-state index contributed by atoms with van der Waals surface area (Å²) in [6.07, 6.45) is 1.77. The highest BCUT2D eigenvalue weighted by Crippen LogP contribution is 2.40. The van der Waals surface area contributed by atoms with Gasteiger partial charge in [-0.05, 0) is 36.8 Å². The van der Waals surface area contributed by atoms with Crippen molar-refractivity contribution in [2.45, 2.75) is 31.9 Å². The standard InChI is InChI=1S/C21H21NO4S/c1-13-6-8-14(9-7-13)18-17(19(23)16-5-3-11-27-16)20(24)21(25)22(18)12-15-4-2-10-26-15/h3,5-9,11,15,18,24H,2,4,10,12H2,1H3/t15-,18+/m0/s1. The SMILES string of the molecule is Cc1ccc([C@@H]2C(C(=O)c3cccs3)=C(O)C(=O)N2C[C@@H]2CCCO2)cc1. The lowest BCUT2D eigenvalue weighted by atomic mass is 9.94. The van der Waals surface area contributed by atoms with Gasteiger partial charge >= 0.3 is 0 Å². The normalized spacial score (nSPS) is 22.7. The lowest BCUT2D eigenvalue weighted by Gasteiger charge is -2.29. The topological polar surface area (TPSA) is 66.8 Å². The Bertz CT molecular complexity index is 879. The minimum absolute atomic E-state index is 0.0640. The fourth-order valence-corrected chi connectivity index (χ4v) is 4.40. The van der Waals surface area contributed by atoms with Gasteiger partial charge in [0.15, 0.2) is 5.76 Å². The third-order valence-corrected chi connectivity index (χ3v) is 5.98. The summed E-state index contributed by atoms with van der Waals surface area (Å²) in [4.78, 5) is 28.0. The number of rotatable bonds is 5. The van der Waals surface area contributed by atoms with Gasteiger partial charge < -0.3 is 14.7 Å². The molecule has 0 aliphatic carbocycles. The zero-order valence-electron chi connectivity index (χ0n) is 15.1. The van der Waals surface area contributed by atoms with E-state index in [1.807, 2.05) is 36.6 Å². The van der Waals surface area contributed by atoms with Crippen molar-refractivity contribution in [1.29, 1.82) is 0 Å². The number of benzene rings is 1. The molecule has 4 rings (SSSR count). The summed E-state index contributed by atoms with van der Waals surface area (Å²) in [5.41, 5.74) is 2.06. The van der Waals surface area contributed by atoms with Gasteiger partial charge in [-0.25, -0.2) is 0 Å². The molecule has 1 aromatic carbocycles. The number of nitrogens with zero attached hydrogens (tertiary/aromatic N) is 1. The average Bonchev–Trinajstić information content (AvgIpc) is 3.41. The monoisotopic (exact) mass is 383 g/mol. The van der Waals surface area contributed by atoms with Gasteiger partial charge in [-0.3, -0.25) is 9.59 Å². The molecule has 27 heavy (non-hydrogen) atoms. The van der Waals surface area contributed by atoms with E-state index in [1.165, 1.54) is 11.3 Å². The Balaban J connectivity index is 1.75. The predicted molar refractivity (Wildman–Crippen MR) is 103 cm³/mol. The van der Waals surface area contributed by atoms with Crippen LogP contribution in [0.25, 0.3) is 0 Å². The number of hydrogen-bond acceptors (Lipinski definition) is 5. The van der Waals surface area contributed by atoms with Crippen molar-refractivity contribution in [3.05, 3.63) is 69.1 Å². The van der Waals surface area contributed by atoms with Crippen LogP contribution in [-0.2, 0) is 9.53 Å². The summed E-state index contributed by atoms with van der Waals surface area (Å²) in [5, 5.41) is 12.4. The Hall–Kier alpha value is -2.44. The Kier molecular flexibility index (Phi) is 4.85. The maximum Gasteiger partial charge on any atom is 0.290 e. The van der Waals surface area contributed by atoms with Crippen LogP contribution in [-0.4, -0.2) is 41.0 Å². The van der Waals surface area contributed by atoms with Crippen molar-refractivity contribution in [3.63, 3.8) is 0 Å². The van der Waals surface area contributed by atoms with E-state index in [9.17, 15) is 14.7 Å². The van der Waals surface area contributed by atoms with Gasteiger partial charge in [-0.1, -0.05) is 35.9 Å². The molecule has 3 heterocycles. The van der Waals surface area contributed by atoms with E-state index in [0.717, 1.165) is 24.0 Å². The Morgan fingerprint density at radius 1 is 1.30 bits per heavy atom. The molecule has 0 bridgehead atoms. The van der Waals surface area contributed by atoms with Crippen LogP contribution in [0.4, 0.5) is 0 Å². The first-order chi connectivity index (χ1) is 13.1. The van der Waals surface area contributed by atoms with Crippen LogP contribution < -0.4 is 0 Å². The number of carbonyl (C=O) groups is 2. The number of Topliss-reactive ketones (excluding diaryl/α,β-unsaturated/α-hetero) is 1. The number of amides is 1. The van der Waals surface area contributed by atoms with Crippen molar-refractivity contribution in [1.82, 2.24) is 4.90 Å². The first-order valence-electron chi connectivity index (χ1n) is 9.06. The van der Waals surface area contributed by atoms with E-state index in [4.69, 9.17) is 4.74 Å². The number of ketones is 1. The molecule has 1 amide bonds. The smallest absolute Gasteiger partial charge is 0.290 e. The summed E-state index contributed by atoms with van der Waals surface area (Å²) in [7, 11) is 0. The zero-order valence-corrected chi connectivity index (χ0v) is 15.9. The van der Waals surface area contributed by atoms with Crippen molar-refractivity contribution < 1.29 is 19.4 Å². The van der Waals surface area contributed by atoms with Gasteiger partial charge in [0.2, 0.25) is 5.78 Å². The number of carbonyl (C=O) groups excluding carboxylic acids is 2. The van der Waals surface area contributed by atoms with Crippen LogP contribution in [0.3, 0.4) is 0 Å². The lowest BCUT2D eigenvalue weighted by Crippen LogP contribution is -2.37. The molecular formula is C21H21NO4S. The van der Waals surface area contributed by atoms with Gasteiger partial charge in [-0.2, -0.15) is 0 Å². The molecule has 6 heteroatoms. The van der Waals surface area contributed by atoms with Gasteiger partial charge in [0.1, 0.15) is 0 Å². The van der Waals surface area contributed by atoms with E-state index in [1.54, 1.807) is 17.0 Å². The summed E-state index contributed by atoms with van der Waals surface area (Å²) >= 11 is 1.31. The highest BCUT2D eigenvalue weighted by molar-refractivity contribution is 7.12. The molecule has 2 aliphatic heterocycles. The van der Waals surface area contributed by atoms with E-state index in [-0.39, 0.29) is 17.5 Å². The maximum atomic E-state index is 13.1. The van der Waals surface area contributed by atoms with Crippen LogP contribution in [0.1, 0.15) is 39.7 Å². The Labute approximate surface area is 161 Å². The number of aryl methyl sites for hydroxylation is 1. The van der Waals surface area contributed by atoms with Crippen molar-refractivity contribution in [2.75, 3.05) is 13.2 Å². The average molecular weight is 383 g/mol. The molecular weight excluding hydrogens is 362 g/mol. The number of thiophene rings is 1. The summed E-state index contributed by atoms with van der Waals surface area (Å²) < 4.78 is 5.69. The van der Waals surface area contributed by atoms with Gasteiger partial charge in [0.25, 0.3) is 5.91 Å².